The number of rotatable bonds is 3. The van der Waals surface area contributed by atoms with Crippen LogP contribution in [-0.2, 0) is 37.9 Å². The SMILES string of the molecule is Cc1cc2c3c(c1)N(c1ccc4c(c1)C(C)(C)CCC4(C)C)c1c(sc4cc5c(cc14)C(C)(C)CCC5(C)C)B3c1cc(C(C)(C)C)ccc1N2c1cc2c(cc1-c1c(C)cccc1C)C(C)(C)CCC2(C)C. The molecule has 0 fully saturated rings. The largest absolute Gasteiger partial charge is 0.311 e. The van der Waals surface area contributed by atoms with Crippen molar-refractivity contribution < 1.29 is 0 Å². The molecule has 0 N–H and O–H groups in total. The van der Waals surface area contributed by atoms with E-state index in [1.165, 1.54) is 165 Å². The molecule has 2 nitrogen and oxygen atoms in total. The minimum Gasteiger partial charge on any atom is -0.311 e. The Morgan fingerprint density at radius 1 is 0.479 bits per heavy atom. The molecule has 0 unspecified atom stereocenters. The first-order chi connectivity index (χ1) is 34.0. The van der Waals surface area contributed by atoms with Crippen molar-refractivity contribution in [1.29, 1.82) is 0 Å². The van der Waals surface area contributed by atoms with Gasteiger partial charge in [0.2, 0.25) is 0 Å². The van der Waals surface area contributed by atoms with E-state index in [-0.39, 0.29) is 44.6 Å². The highest BCUT2D eigenvalue weighted by molar-refractivity contribution is 7.33. The number of hydrogen-bond acceptors (Lipinski definition) is 3. The highest BCUT2D eigenvalue weighted by Gasteiger charge is 2.49. The van der Waals surface area contributed by atoms with Gasteiger partial charge in [-0.1, -0.05) is 140 Å². The lowest BCUT2D eigenvalue weighted by Gasteiger charge is -2.46. The van der Waals surface area contributed by atoms with Crippen molar-refractivity contribution in [3.63, 3.8) is 0 Å². The first kappa shape index (κ1) is 48.9. The van der Waals surface area contributed by atoms with Gasteiger partial charge in [0.25, 0.3) is 6.71 Å². The second kappa shape index (κ2) is 15.5. The Bertz CT molecular complexity index is 3490. The molecule has 3 aliphatic carbocycles. The van der Waals surface area contributed by atoms with Crippen molar-refractivity contribution in [2.45, 2.75) is 201 Å². The average molecular weight is 981 g/mol. The lowest BCUT2D eigenvalue weighted by atomic mass is 9.36. The lowest BCUT2D eigenvalue weighted by Crippen LogP contribution is -2.60. The number of aryl methyl sites for hydroxylation is 3. The van der Waals surface area contributed by atoms with Crippen LogP contribution in [0, 0.1) is 20.8 Å². The molecule has 0 radical (unpaired) electrons. The molecular formula is C69H81BN2S. The number of anilines is 6. The van der Waals surface area contributed by atoms with Crippen LogP contribution < -0.4 is 25.5 Å². The zero-order valence-electron chi connectivity index (χ0n) is 47.8. The normalized spacial score (nSPS) is 20.2. The van der Waals surface area contributed by atoms with Crippen molar-refractivity contribution in [2.24, 2.45) is 0 Å². The van der Waals surface area contributed by atoms with Crippen molar-refractivity contribution >= 4 is 78.0 Å². The Morgan fingerprint density at radius 2 is 0.986 bits per heavy atom. The standard InChI is InChI=1S/C69H81BN2S/c1-40-32-56-60-57(33-40)72(55-38-51-49(66(11,12)28-30-68(51,15)16)36-45(55)59-41(2)20-19-21-42(59)3)54-25-22-43(63(4,5)6)34-53(54)70(60)62-61(46-37-50-52(39-58(46)73-62)69(17,18)31-29-67(50,13)14)71(56)44-23-24-47-48(35-44)65(9,10)27-26-64(47,7)8/h19-25,32-39H,26-31H2,1-18H3. The Hall–Kier alpha value is -5.06. The molecule has 0 bridgehead atoms. The van der Waals surface area contributed by atoms with Crippen LogP contribution in [0.25, 0.3) is 21.2 Å². The predicted molar refractivity (Wildman–Crippen MR) is 320 cm³/mol. The van der Waals surface area contributed by atoms with Crippen LogP contribution in [0.3, 0.4) is 0 Å². The van der Waals surface area contributed by atoms with Gasteiger partial charge in [0.15, 0.2) is 0 Å². The van der Waals surface area contributed by atoms with Crippen molar-refractivity contribution in [3.05, 3.63) is 147 Å². The Balaban J connectivity index is 1.23. The van der Waals surface area contributed by atoms with Gasteiger partial charge in [0, 0.05) is 43.2 Å². The van der Waals surface area contributed by atoms with E-state index < -0.39 is 0 Å². The molecule has 0 amide bonds. The fraction of sp³-hybridized carbons (Fsp3) is 0.449. The smallest absolute Gasteiger partial charge is 0.264 e. The fourth-order valence-corrected chi connectivity index (χ4v) is 16.0. The maximum Gasteiger partial charge on any atom is 0.264 e. The van der Waals surface area contributed by atoms with E-state index in [0.29, 0.717) is 0 Å². The summed E-state index contributed by atoms with van der Waals surface area (Å²) >= 11 is 2.08. The Labute approximate surface area is 444 Å². The summed E-state index contributed by atoms with van der Waals surface area (Å²) in [5.41, 5.74) is 28.3. The molecule has 376 valence electrons. The molecule has 7 aromatic rings. The second-order valence-electron chi connectivity index (χ2n) is 28.8. The Kier molecular flexibility index (Phi) is 10.4. The molecule has 0 saturated carbocycles. The third-order valence-electron chi connectivity index (χ3n) is 19.7. The van der Waals surface area contributed by atoms with Crippen LogP contribution in [0.2, 0.25) is 0 Å². The zero-order chi connectivity index (χ0) is 52.1. The summed E-state index contributed by atoms with van der Waals surface area (Å²) in [5, 5.41) is 1.41. The summed E-state index contributed by atoms with van der Waals surface area (Å²) in [5.74, 6) is 0. The van der Waals surface area contributed by atoms with Crippen molar-refractivity contribution in [1.82, 2.24) is 0 Å². The van der Waals surface area contributed by atoms with Gasteiger partial charge in [-0.25, -0.2) is 0 Å². The Morgan fingerprint density at radius 3 is 1.56 bits per heavy atom. The molecule has 73 heavy (non-hydrogen) atoms. The minimum absolute atomic E-state index is 0.0298. The molecule has 6 aromatic carbocycles. The van der Waals surface area contributed by atoms with Gasteiger partial charge < -0.3 is 9.80 Å². The van der Waals surface area contributed by atoms with Crippen molar-refractivity contribution in [2.75, 3.05) is 9.80 Å². The molecule has 12 rings (SSSR count). The number of nitrogens with zero attached hydrogens (tertiary/aromatic N) is 2. The molecule has 5 aliphatic rings. The second-order valence-corrected chi connectivity index (χ2v) is 29.9. The van der Waals surface area contributed by atoms with Gasteiger partial charge in [0.05, 0.1) is 11.4 Å². The molecular weight excluding hydrogens is 900 g/mol. The monoisotopic (exact) mass is 981 g/mol. The minimum atomic E-state index is -0.0370. The van der Waals surface area contributed by atoms with E-state index >= 15 is 0 Å². The quantitative estimate of drug-likeness (QED) is 0.163. The number of hydrogen-bond donors (Lipinski definition) is 0. The van der Waals surface area contributed by atoms with Crippen LogP contribution in [0.15, 0.2) is 91.0 Å². The highest BCUT2D eigenvalue weighted by Crippen LogP contribution is 2.57. The maximum atomic E-state index is 2.77. The van der Waals surface area contributed by atoms with Crippen LogP contribution in [0.5, 0.6) is 0 Å². The summed E-state index contributed by atoms with van der Waals surface area (Å²) < 4.78 is 2.89. The van der Waals surface area contributed by atoms with E-state index in [4.69, 9.17) is 0 Å². The fourth-order valence-electron chi connectivity index (χ4n) is 14.6. The summed E-state index contributed by atoms with van der Waals surface area (Å²) in [6, 6.07) is 37.9. The predicted octanol–water partition coefficient (Wildman–Crippen LogP) is 17.9. The van der Waals surface area contributed by atoms with Gasteiger partial charge in [0.1, 0.15) is 0 Å². The third-order valence-corrected chi connectivity index (χ3v) is 20.9. The summed E-state index contributed by atoms with van der Waals surface area (Å²) in [4.78, 5) is 5.52. The highest BCUT2D eigenvalue weighted by atomic mass is 32.1. The molecule has 0 saturated heterocycles. The first-order valence-electron chi connectivity index (χ1n) is 27.9. The van der Waals surface area contributed by atoms with E-state index in [2.05, 4.69) is 237 Å². The van der Waals surface area contributed by atoms with E-state index in [0.717, 1.165) is 0 Å². The number of thiophene rings is 1. The van der Waals surface area contributed by atoms with Gasteiger partial charge in [-0.2, -0.15) is 0 Å². The van der Waals surface area contributed by atoms with Gasteiger partial charge in [-0.3, -0.25) is 0 Å². The lowest BCUT2D eigenvalue weighted by molar-refractivity contribution is 0.332. The first-order valence-corrected chi connectivity index (χ1v) is 28.7. The number of benzene rings is 6. The average Bonchev–Trinajstić information content (AvgIpc) is 3.68. The third kappa shape index (κ3) is 7.21. The number of fused-ring (bicyclic) bond motifs is 9. The van der Waals surface area contributed by atoms with Crippen LogP contribution in [0.4, 0.5) is 34.1 Å². The van der Waals surface area contributed by atoms with Crippen LogP contribution in [0.1, 0.15) is 198 Å². The zero-order valence-corrected chi connectivity index (χ0v) is 48.6. The summed E-state index contributed by atoms with van der Waals surface area (Å²) in [6.45, 7) is 44.1. The van der Waals surface area contributed by atoms with Gasteiger partial charge in [-0.05, 0) is 224 Å². The van der Waals surface area contributed by atoms with Gasteiger partial charge in [-0.15, -0.1) is 11.3 Å². The van der Waals surface area contributed by atoms with Gasteiger partial charge >= 0.3 is 0 Å². The van der Waals surface area contributed by atoms with E-state index in [1.807, 2.05) is 0 Å². The van der Waals surface area contributed by atoms with E-state index in [9.17, 15) is 0 Å². The molecule has 4 heteroatoms. The molecule has 2 aliphatic heterocycles. The summed E-state index contributed by atoms with van der Waals surface area (Å²) in [7, 11) is 0. The molecule has 1 aromatic heterocycles. The van der Waals surface area contributed by atoms with E-state index in [1.54, 1.807) is 0 Å². The van der Waals surface area contributed by atoms with Crippen LogP contribution >= 0.6 is 11.3 Å². The van der Waals surface area contributed by atoms with Crippen LogP contribution in [-0.4, -0.2) is 6.71 Å². The molecule has 0 atom stereocenters. The molecule has 0 spiro atoms. The summed E-state index contributed by atoms with van der Waals surface area (Å²) in [6.07, 6.45) is 7.12. The maximum absolute atomic E-state index is 2.77. The topological polar surface area (TPSA) is 6.48 Å². The molecule has 3 heterocycles. The van der Waals surface area contributed by atoms with Crippen molar-refractivity contribution in [3.8, 4) is 11.1 Å².